The predicted molar refractivity (Wildman–Crippen MR) is 128 cm³/mol. The van der Waals surface area contributed by atoms with E-state index in [2.05, 4.69) is 27.7 Å². The Labute approximate surface area is 207 Å². The molecule has 0 fully saturated rings. The maximum atomic E-state index is 14.3. The molecular formula is C27H41F3O5. The molecule has 0 heterocycles. The van der Waals surface area contributed by atoms with Crippen molar-refractivity contribution in [2.45, 2.75) is 78.7 Å². The maximum absolute atomic E-state index is 14.3. The third-order valence-corrected chi connectivity index (χ3v) is 6.50. The molecule has 0 aromatic heterocycles. The predicted octanol–water partition coefficient (Wildman–Crippen LogP) is 6.55. The molecule has 3 unspecified atom stereocenters. The Balaban J connectivity index is 3.27. The zero-order valence-corrected chi connectivity index (χ0v) is 22.1. The van der Waals surface area contributed by atoms with Gasteiger partial charge >= 0.3 is 18.1 Å². The Bertz CT molecular complexity index is 796. The van der Waals surface area contributed by atoms with Gasteiger partial charge in [0.15, 0.2) is 0 Å². The zero-order chi connectivity index (χ0) is 27.0. The number of benzene rings is 1. The van der Waals surface area contributed by atoms with E-state index in [9.17, 15) is 22.8 Å². The summed E-state index contributed by atoms with van der Waals surface area (Å²) in [6, 6.07) is 6.65. The van der Waals surface area contributed by atoms with Crippen molar-refractivity contribution in [2.24, 2.45) is 29.6 Å². The molecule has 0 amide bonds. The van der Waals surface area contributed by atoms with Crippen molar-refractivity contribution in [2.75, 3.05) is 14.2 Å². The van der Waals surface area contributed by atoms with Crippen LogP contribution in [0.1, 0.15) is 66.4 Å². The van der Waals surface area contributed by atoms with Gasteiger partial charge in [-0.3, -0.25) is 4.79 Å². The van der Waals surface area contributed by atoms with Gasteiger partial charge in [0.05, 0.1) is 13.0 Å². The first kappa shape index (κ1) is 30.9. The Hall–Kier alpha value is -2.09. The normalized spacial score (nSPS) is 18.2. The van der Waals surface area contributed by atoms with Crippen molar-refractivity contribution < 1.29 is 37.0 Å². The highest BCUT2D eigenvalue weighted by Crippen LogP contribution is 2.44. The lowest BCUT2D eigenvalue weighted by molar-refractivity contribution is -0.279. The molecule has 0 bridgehead atoms. The van der Waals surface area contributed by atoms with Gasteiger partial charge in [0.1, 0.15) is 6.10 Å². The van der Waals surface area contributed by atoms with Gasteiger partial charge in [-0.25, -0.2) is 4.79 Å². The molecule has 1 rings (SSSR count). The fourth-order valence-corrected chi connectivity index (χ4v) is 5.08. The minimum atomic E-state index is -5.10. The molecule has 35 heavy (non-hydrogen) atoms. The summed E-state index contributed by atoms with van der Waals surface area (Å²) in [5, 5.41) is 0. The van der Waals surface area contributed by atoms with E-state index in [1.807, 2.05) is 0 Å². The number of hydrogen-bond acceptors (Lipinski definition) is 5. The quantitative estimate of drug-likeness (QED) is 0.286. The van der Waals surface area contributed by atoms with Crippen molar-refractivity contribution in [3.8, 4) is 0 Å². The van der Waals surface area contributed by atoms with Crippen molar-refractivity contribution in [1.29, 1.82) is 0 Å². The zero-order valence-electron chi connectivity index (χ0n) is 22.1. The van der Waals surface area contributed by atoms with Crippen LogP contribution in [0.5, 0.6) is 0 Å². The van der Waals surface area contributed by atoms with Gasteiger partial charge in [0.25, 0.3) is 5.60 Å². The summed E-state index contributed by atoms with van der Waals surface area (Å²) >= 11 is 0. The number of hydrogen-bond donors (Lipinski definition) is 0. The Morgan fingerprint density at radius 3 is 1.86 bits per heavy atom. The summed E-state index contributed by atoms with van der Waals surface area (Å²) in [5.74, 6) is -2.37. The van der Waals surface area contributed by atoms with Crippen LogP contribution in [0, 0.1) is 29.6 Å². The van der Waals surface area contributed by atoms with Crippen LogP contribution in [-0.4, -0.2) is 38.4 Å². The summed E-state index contributed by atoms with van der Waals surface area (Å²) in [6.45, 7) is 11.8. The van der Waals surface area contributed by atoms with Crippen LogP contribution in [0.2, 0.25) is 0 Å². The largest absolute Gasteiger partial charge is 0.469 e. The molecule has 1 aromatic carbocycles. The summed E-state index contributed by atoms with van der Waals surface area (Å²) in [5.41, 5.74) is -3.72. The number of methoxy groups -OCH3 is 2. The molecule has 0 spiro atoms. The van der Waals surface area contributed by atoms with Crippen LogP contribution in [0.3, 0.4) is 0 Å². The minimum absolute atomic E-state index is 0.216. The van der Waals surface area contributed by atoms with Gasteiger partial charge in [-0.2, -0.15) is 13.2 Å². The first-order valence-electron chi connectivity index (χ1n) is 12.2. The molecule has 0 saturated carbocycles. The van der Waals surface area contributed by atoms with Gasteiger partial charge in [-0.15, -0.1) is 0 Å². The van der Waals surface area contributed by atoms with Gasteiger partial charge in [-0.05, 0) is 49.9 Å². The van der Waals surface area contributed by atoms with Crippen molar-refractivity contribution >= 4 is 11.9 Å². The summed E-state index contributed by atoms with van der Waals surface area (Å²) in [6.07, 6.45) is -3.67. The smallest absolute Gasteiger partial charge is 0.432 e. The molecule has 8 heteroatoms. The average Bonchev–Trinajstić information content (AvgIpc) is 2.76. The summed E-state index contributed by atoms with van der Waals surface area (Å²) in [4.78, 5) is 25.6. The Morgan fingerprint density at radius 1 is 0.857 bits per heavy atom. The van der Waals surface area contributed by atoms with E-state index < -0.39 is 47.2 Å². The Morgan fingerprint density at radius 2 is 1.40 bits per heavy atom. The van der Waals surface area contributed by atoms with E-state index in [-0.39, 0.29) is 5.92 Å². The molecule has 0 aliphatic rings. The second-order valence-electron chi connectivity index (χ2n) is 10.2. The number of carbonyl (C=O) groups excluding carboxylic acids is 2. The van der Waals surface area contributed by atoms with E-state index in [1.165, 1.54) is 44.4 Å². The third-order valence-electron chi connectivity index (χ3n) is 6.50. The lowest BCUT2D eigenvalue weighted by atomic mass is 9.82. The standard InChI is InChI=1S/C27H41F3O5/c1-17(2)14-18(3)15-19(4)16-20(5)23(21(6)24(31)33-7)35-25(32)26(34-8,27(28,29)30)22-12-10-9-11-13-22/h9-13,17-21,23H,14-16H2,1-8H3/t18?,19?,20?,21-,23-,26+/m1/s1. The highest BCUT2D eigenvalue weighted by Gasteiger charge is 2.64. The number of ether oxygens (including phenoxy) is 3. The second-order valence-corrected chi connectivity index (χ2v) is 10.2. The second kappa shape index (κ2) is 13.3. The molecule has 5 nitrogen and oxygen atoms in total. The van der Waals surface area contributed by atoms with Gasteiger partial charge in [0.2, 0.25) is 0 Å². The van der Waals surface area contributed by atoms with E-state index in [0.717, 1.165) is 20.0 Å². The molecule has 0 N–H and O–H groups in total. The summed E-state index contributed by atoms with van der Waals surface area (Å²) < 4.78 is 58.2. The van der Waals surface area contributed by atoms with Gasteiger partial charge < -0.3 is 14.2 Å². The molecular weight excluding hydrogens is 461 g/mol. The fraction of sp³-hybridized carbons (Fsp3) is 0.704. The third kappa shape index (κ3) is 7.95. The molecule has 6 atom stereocenters. The van der Waals surface area contributed by atoms with Crippen molar-refractivity contribution in [1.82, 2.24) is 0 Å². The molecule has 0 aliphatic heterocycles. The first-order valence-corrected chi connectivity index (χ1v) is 12.2. The number of alkyl halides is 3. The summed E-state index contributed by atoms with van der Waals surface area (Å²) in [7, 11) is 2.01. The van der Waals surface area contributed by atoms with E-state index in [0.29, 0.717) is 18.3 Å². The highest BCUT2D eigenvalue weighted by molar-refractivity contribution is 5.83. The van der Waals surface area contributed by atoms with E-state index in [1.54, 1.807) is 6.92 Å². The van der Waals surface area contributed by atoms with Crippen LogP contribution in [0.4, 0.5) is 13.2 Å². The van der Waals surface area contributed by atoms with Gasteiger partial charge in [-0.1, -0.05) is 65.0 Å². The van der Waals surface area contributed by atoms with Gasteiger partial charge in [0, 0.05) is 12.7 Å². The number of halogens is 3. The maximum Gasteiger partial charge on any atom is 0.432 e. The van der Waals surface area contributed by atoms with Crippen LogP contribution < -0.4 is 0 Å². The molecule has 1 aromatic rings. The van der Waals surface area contributed by atoms with Crippen LogP contribution >= 0.6 is 0 Å². The Kier molecular flexibility index (Phi) is 11.7. The lowest BCUT2D eigenvalue weighted by Crippen LogP contribution is -2.53. The van der Waals surface area contributed by atoms with Crippen LogP contribution in [0.15, 0.2) is 30.3 Å². The molecule has 0 saturated heterocycles. The number of esters is 2. The lowest BCUT2D eigenvalue weighted by Gasteiger charge is -2.36. The highest BCUT2D eigenvalue weighted by atomic mass is 19.4. The first-order chi connectivity index (χ1) is 16.2. The molecule has 200 valence electrons. The topological polar surface area (TPSA) is 61.8 Å². The fourth-order valence-electron chi connectivity index (χ4n) is 5.08. The van der Waals surface area contributed by atoms with E-state index >= 15 is 0 Å². The SMILES string of the molecule is COC(=O)[C@H](C)[C@H](OC(=O)[C@@](OC)(c1ccccc1)C(F)(F)F)C(C)CC(C)CC(C)CC(C)C. The molecule has 0 radical (unpaired) electrons. The van der Waals surface area contributed by atoms with Crippen LogP contribution in [-0.2, 0) is 29.4 Å². The number of carbonyl (C=O) groups is 2. The van der Waals surface area contributed by atoms with E-state index in [4.69, 9.17) is 14.2 Å². The monoisotopic (exact) mass is 502 g/mol. The minimum Gasteiger partial charge on any atom is -0.469 e. The molecule has 0 aliphatic carbocycles. The van der Waals surface area contributed by atoms with Crippen molar-refractivity contribution in [3.63, 3.8) is 0 Å². The van der Waals surface area contributed by atoms with Crippen molar-refractivity contribution in [3.05, 3.63) is 35.9 Å². The number of rotatable bonds is 13. The van der Waals surface area contributed by atoms with Crippen LogP contribution in [0.25, 0.3) is 0 Å². The average molecular weight is 503 g/mol.